The van der Waals surface area contributed by atoms with Crippen LogP contribution in [0.3, 0.4) is 0 Å². The van der Waals surface area contributed by atoms with E-state index in [1.807, 2.05) is 11.3 Å². The summed E-state index contributed by atoms with van der Waals surface area (Å²) in [5.74, 6) is 0.601. The first-order chi connectivity index (χ1) is 8.74. The molecule has 2 fully saturated rings. The van der Waals surface area contributed by atoms with E-state index >= 15 is 0 Å². The predicted octanol–water partition coefficient (Wildman–Crippen LogP) is 2.98. The van der Waals surface area contributed by atoms with Crippen molar-refractivity contribution in [1.29, 1.82) is 0 Å². The maximum Gasteiger partial charge on any atom is 0.110 e. The lowest BCUT2D eigenvalue weighted by Gasteiger charge is -2.29. The van der Waals surface area contributed by atoms with Crippen molar-refractivity contribution >= 4 is 11.3 Å². The maximum atomic E-state index is 5.66. The largest absolute Gasteiger partial charge is 0.381 e. The van der Waals surface area contributed by atoms with Gasteiger partial charge in [-0.15, -0.1) is 11.3 Å². The predicted molar refractivity (Wildman–Crippen MR) is 74.0 cm³/mol. The van der Waals surface area contributed by atoms with E-state index in [0.717, 1.165) is 19.3 Å². The smallest absolute Gasteiger partial charge is 0.110 e. The highest BCUT2D eigenvalue weighted by atomic mass is 32.1. The summed E-state index contributed by atoms with van der Waals surface area (Å²) in [4.78, 5) is 6.12. The van der Waals surface area contributed by atoms with E-state index < -0.39 is 0 Å². The normalized spacial score (nSPS) is 26.2. The molecule has 0 spiro atoms. The van der Waals surface area contributed by atoms with Gasteiger partial charge in [-0.25, -0.2) is 4.98 Å². The van der Waals surface area contributed by atoms with Crippen LogP contribution in [0.1, 0.15) is 47.3 Å². The Balaban J connectivity index is 1.78. The Bertz CT molecular complexity index is 388. The van der Waals surface area contributed by atoms with Crippen molar-refractivity contribution in [3.05, 3.63) is 15.6 Å². The average Bonchev–Trinajstić information content (AvgIpc) is 3.14. The standard InChI is InChI=1S/C14H22N2OS/c1-9-10(2)18-14(15-9)13(16-12-5-6-12)11-4-3-7-17-8-11/h11-13,16H,3-8H2,1-2H3. The monoisotopic (exact) mass is 266 g/mol. The maximum absolute atomic E-state index is 5.66. The first-order valence-electron chi connectivity index (χ1n) is 7.02. The molecule has 2 aliphatic rings. The number of ether oxygens (including phenoxy) is 1. The number of hydrogen-bond acceptors (Lipinski definition) is 4. The molecular formula is C14H22N2OS. The summed E-state index contributed by atoms with van der Waals surface area (Å²) in [6.07, 6.45) is 5.11. The van der Waals surface area contributed by atoms with E-state index in [1.165, 1.54) is 41.3 Å². The Morgan fingerprint density at radius 1 is 1.33 bits per heavy atom. The van der Waals surface area contributed by atoms with Crippen LogP contribution >= 0.6 is 11.3 Å². The molecule has 1 aromatic rings. The van der Waals surface area contributed by atoms with Gasteiger partial charge in [0.1, 0.15) is 5.01 Å². The zero-order chi connectivity index (χ0) is 12.5. The summed E-state index contributed by atoms with van der Waals surface area (Å²) in [6.45, 7) is 6.10. The van der Waals surface area contributed by atoms with Crippen molar-refractivity contribution in [3.63, 3.8) is 0 Å². The first-order valence-corrected chi connectivity index (χ1v) is 7.83. The highest BCUT2D eigenvalue weighted by Gasteiger charge is 2.33. The summed E-state index contributed by atoms with van der Waals surface area (Å²) < 4.78 is 5.66. The van der Waals surface area contributed by atoms with E-state index in [9.17, 15) is 0 Å². The number of aromatic nitrogens is 1. The molecule has 1 N–H and O–H groups in total. The van der Waals surface area contributed by atoms with Gasteiger partial charge in [0.05, 0.1) is 18.3 Å². The molecule has 3 rings (SSSR count). The van der Waals surface area contributed by atoms with Crippen LogP contribution in [0.5, 0.6) is 0 Å². The Hall–Kier alpha value is -0.450. The van der Waals surface area contributed by atoms with Gasteiger partial charge in [-0.3, -0.25) is 0 Å². The van der Waals surface area contributed by atoms with Crippen molar-refractivity contribution in [2.45, 2.75) is 51.6 Å². The third-order valence-corrected chi connectivity index (χ3v) is 5.13. The van der Waals surface area contributed by atoms with E-state index in [1.54, 1.807) is 0 Å². The second kappa shape index (κ2) is 5.27. The fraction of sp³-hybridized carbons (Fsp3) is 0.786. The van der Waals surface area contributed by atoms with Crippen LogP contribution in [0.4, 0.5) is 0 Å². The van der Waals surface area contributed by atoms with Crippen LogP contribution in [0.2, 0.25) is 0 Å². The lowest BCUT2D eigenvalue weighted by Crippen LogP contribution is -2.34. The third kappa shape index (κ3) is 2.76. The molecule has 3 nitrogen and oxygen atoms in total. The van der Waals surface area contributed by atoms with E-state index in [-0.39, 0.29) is 0 Å². The molecule has 100 valence electrons. The summed E-state index contributed by atoms with van der Waals surface area (Å²) >= 11 is 1.86. The summed E-state index contributed by atoms with van der Waals surface area (Å²) in [5.41, 5.74) is 1.19. The minimum absolute atomic E-state index is 0.412. The number of nitrogens with zero attached hydrogens (tertiary/aromatic N) is 1. The van der Waals surface area contributed by atoms with Gasteiger partial charge in [-0.1, -0.05) is 0 Å². The fourth-order valence-corrected chi connectivity index (χ4v) is 3.65. The zero-order valence-corrected chi connectivity index (χ0v) is 12.1. The van der Waals surface area contributed by atoms with Crippen molar-refractivity contribution in [2.75, 3.05) is 13.2 Å². The van der Waals surface area contributed by atoms with E-state index in [0.29, 0.717) is 12.0 Å². The second-order valence-electron chi connectivity index (χ2n) is 5.59. The lowest BCUT2D eigenvalue weighted by molar-refractivity contribution is 0.0386. The number of thiazole rings is 1. The molecule has 4 heteroatoms. The van der Waals surface area contributed by atoms with Gasteiger partial charge in [0.2, 0.25) is 0 Å². The minimum atomic E-state index is 0.412. The third-order valence-electron chi connectivity index (χ3n) is 3.97. The van der Waals surface area contributed by atoms with Crippen LogP contribution in [-0.2, 0) is 4.74 Å². The highest BCUT2D eigenvalue weighted by molar-refractivity contribution is 7.11. The van der Waals surface area contributed by atoms with E-state index in [2.05, 4.69) is 19.2 Å². The van der Waals surface area contributed by atoms with Crippen molar-refractivity contribution in [3.8, 4) is 0 Å². The van der Waals surface area contributed by atoms with Gasteiger partial charge < -0.3 is 10.1 Å². The molecule has 0 bridgehead atoms. The van der Waals surface area contributed by atoms with Crippen molar-refractivity contribution < 1.29 is 4.74 Å². The van der Waals surface area contributed by atoms with Crippen molar-refractivity contribution in [1.82, 2.24) is 10.3 Å². The zero-order valence-electron chi connectivity index (χ0n) is 11.2. The van der Waals surface area contributed by atoms with Crippen LogP contribution < -0.4 is 5.32 Å². The molecule has 0 aromatic carbocycles. The molecule has 2 atom stereocenters. The van der Waals surface area contributed by atoms with Crippen LogP contribution in [0.15, 0.2) is 0 Å². The Kier molecular flexibility index (Phi) is 3.68. The first kappa shape index (κ1) is 12.6. The average molecular weight is 266 g/mol. The summed E-state index contributed by atoms with van der Waals surface area (Å²) in [6, 6.07) is 1.14. The van der Waals surface area contributed by atoms with Gasteiger partial charge in [-0.05, 0) is 39.5 Å². The Labute approximate surface area is 113 Å². The van der Waals surface area contributed by atoms with Gasteiger partial charge >= 0.3 is 0 Å². The highest BCUT2D eigenvalue weighted by Crippen LogP contribution is 2.35. The Morgan fingerprint density at radius 3 is 2.72 bits per heavy atom. The Morgan fingerprint density at radius 2 is 2.17 bits per heavy atom. The number of aryl methyl sites for hydroxylation is 2. The van der Waals surface area contributed by atoms with E-state index in [4.69, 9.17) is 9.72 Å². The molecule has 1 aliphatic heterocycles. The minimum Gasteiger partial charge on any atom is -0.381 e. The molecular weight excluding hydrogens is 244 g/mol. The molecule has 2 unspecified atom stereocenters. The lowest BCUT2D eigenvalue weighted by atomic mass is 9.94. The number of nitrogens with one attached hydrogen (secondary N) is 1. The quantitative estimate of drug-likeness (QED) is 0.909. The number of rotatable bonds is 4. The molecule has 0 radical (unpaired) electrons. The fourth-order valence-electron chi connectivity index (χ4n) is 2.57. The summed E-state index contributed by atoms with van der Waals surface area (Å²) in [7, 11) is 0. The van der Waals surface area contributed by atoms with Gasteiger partial charge in [0.25, 0.3) is 0 Å². The molecule has 2 heterocycles. The molecule has 18 heavy (non-hydrogen) atoms. The van der Waals surface area contributed by atoms with Gasteiger partial charge in [0, 0.05) is 23.4 Å². The topological polar surface area (TPSA) is 34.2 Å². The van der Waals surface area contributed by atoms with Crippen LogP contribution in [0, 0.1) is 19.8 Å². The molecule has 0 amide bonds. The SMILES string of the molecule is Cc1nc(C(NC2CC2)C2CCCOC2)sc1C. The molecule has 1 saturated heterocycles. The van der Waals surface area contributed by atoms with Crippen LogP contribution in [0.25, 0.3) is 0 Å². The summed E-state index contributed by atoms with van der Waals surface area (Å²) in [5, 5.41) is 5.06. The van der Waals surface area contributed by atoms with Crippen LogP contribution in [-0.4, -0.2) is 24.2 Å². The van der Waals surface area contributed by atoms with Crippen molar-refractivity contribution in [2.24, 2.45) is 5.92 Å². The molecule has 1 aromatic heterocycles. The second-order valence-corrected chi connectivity index (χ2v) is 6.82. The van der Waals surface area contributed by atoms with Gasteiger partial charge in [-0.2, -0.15) is 0 Å². The molecule has 1 aliphatic carbocycles. The van der Waals surface area contributed by atoms with Gasteiger partial charge in [0.15, 0.2) is 0 Å². The molecule has 1 saturated carbocycles. The number of hydrogen-bond donors (Lipinski definition) is 1.